The van der Waals surface area contributed by atoms with E-state index >= 15 is 0 Å². The molecule has 0 radical (unpaired) electrons. The second-order valence-corrected chi connectivity index (χ2v) is 5.25. The van der Waals surface area contributed by atoms with E-state index in [1.807, 2.05) is 20.9 Å². The van der Waals surface area contributed by atoms with Crippen molar-refractivity contribution < 1.29 is 0 Å². The van der Waals surface area contributed by atoms with Crippen LogP contribution in [-0.2, 0) is 13.0 Å². The highest BCUT2D eigenvalue weighted by Gasteiger charge is 2.02. The van der Waals surface area contributed by atoms with Crippen LogP contribution in [0.5, 0.6) is 0 Å². The fourth-order valence-electron chi connectivity index (χ4n) is 2.06. The van der Waals surface area contributed by atoms with E-state index in [4.69, 9.17) is 0 Å². The highest BCUT2D eigenvalue weighted by atomic mass is 15.1. The number of benzene rings is 1. The van der Waals surface area contributed by atoms with Crippen molar-refractivity contribution in [2.75, 3.05) is 27.2 Å². The third-order valence-electron chi connectivity index (χ3n) is 2.86. The average molecular weight is 264 g/mol. The molecular formula is C17H32N2. The summed E-state index contributed by atoms with van der Waals surface area (Å²) < 4.78 is 0. The number of likely N-dealkylation sites (N-methyl/N-ethyl adjacent to an activating group) is 1. The quantitative estimate of drug-likeness (QED) is 0.810. The van der Waals surface area contributed by atoms with Gasteiger partial charge in [0.25, 0.3) is 0 Å². The number of rotatable bonds is 7. The van der Waals surface area contributed by atoms with Gasteiger partial charge in [-0.1, -0.05) is 52.0 Å². The maximum Gasteiger partial charge on any atom is 0.0202 e. The van der Waals surface area contributed by atoms with Crippen LogP contribution in [0.15, 0.2) is 24.3 Å². The Hall–Kier alpha value is -0.860. The zero-order valence-corrected chi connectivity index (χ0v) is 13.7. The van der Waals surface area contributed by atoms with Crippen molar-refractivity contribution in [1.82, 2.24) is 10.2 Å². The summed E-state index contributed by atoms with van der Waals surface area (Å²) in [6, 6.07) is 8.92. The minimum atomic E-state index is 0.748. The molecule has 1 N–H and O–H groups in total. The van der Waals surface area contributed by atoms with Crippen molar-refractivity contribution in [3.8, 4) is 0 Å². The van der Waals surface area contributed by atoms with Gasteiger partial charge in [-0.25, -0.2) is 0 Å². The summed E-state index contributed by atoms with van der Waals surface area (Å²) in [7, 11) is 4.18. The third kappa shape index (κ3) is 8.79. The first-order valence-electron chi connectivity index (χ1n) is 7.52. The number of nitrogens with zero attached hydrogens (tertiary/aromatic N) is 1. The minimum absolute atomic E-state index is 0.748. The minimum Gasteiger partial charge on any atom is -0.316 e. The van der Waals surface area contributed by atoms with Crippen molar-refractivity contribution in [2.24, 2.45) is 5.92 Å². The van der Waals surface area contributed by atoms with Gasteiger partial charge in [0, 0.05) is 19.6 Å². The molecule has 0 unspecified atom stereocenters. The predicted octanol–water partition coefficient (Wildman–Crippen LogP) is 3.56. The molecule has 0 aliphatic carbocycles. The molecule has 0 saturated heterocycles. The molecule has 0 spiro atoms. The van der Waals surface area contributed by atoms with Gasteiger partial charge in [-0.15, -0.1) is 0 Å². The second kappa shape index (κ2) is 11.0. The van der Waals surface area contributed by atoms with Crippen molar-refractivity contribution in [1.29, 1.82) is 0 Å². The molecule has 2 heteroatoms. The summed E-state index contributed by atoms with van der Waals surface area (Å²) in [5, 5.41) is 3.17. The van der Waals surface area contributed by atoms with Gasteiger partial charge in [0.2, 0.25) is 0 Å². The third-order valence-corrected chi connectivity index (χ3v) is 2.86. The van der Waals surface area contributed by atoms with E-state index in [0.29, 0.717) is 0 Å². The van der Waals surface area contributed by atoms with E-state index in [0.717, 1.165) is 25.4 Å². The molecule has 1 aromatic carbocycles. The predicted molar refractivity (Wildman–Crippen MR) is 86.6 cm³/mol. The Labute approximate surface area is 120 Å². The molecule has 1 rings (SSSR count). The number of hydrogen-bond donors (Lipinski definition) is 1. The molecule has 0 aliphatic heterocycles. The SMILES string of the molecule is CC.CNCc1ccc(CCN(C)CC(C)C)cc1. The number of nitrogens with one attached hydrogen (secondary N) is 1. The summed E-state index contributed by atoms with van der Waals surface area (Å²) in [5.74, 6) is 0.748. The average Bonchev–Trinajstić information content (AvgIpc) is 2.40. The van der Waals surface area contributed by atoms with Crippen LogP contribution >= 0.6 is 0 Å². The molecule has 0 aliphatic rings. The van der Waals surface area contributed by atoms with E-state index in [2.05, 4.69) is 55.4 Å². The van der Waals surface area contributed by atoms with E-state index in [1.54, 1.807) is 0 Å². The smallest absolute Gasteiger partial charge is 0.0202 e. The lowest BCUT2D eigenvalue weighted by molar-refractivity contribution is 0.299. The van der Waals surface area contributed by atoms with Gasteiger partial charge < -0.3 is 10.2 Å². The number of hydrogen-bond acceptors (Lipinski definition) is 2. The summed E-state index contributed by atoms with van der Waals surface area (Å²) in [5.41, 5.74) is 2.78. The van der Waals surface area contributed by atoms with Gasteiger partial charge in [-0.2, -0.15) is 0 Å². The molecule has 19 heavy (non-hydrogen) atoms. The lowest BCUT2D eigenvalue weighted by Gasteiger charge is -2.18. The Bertz CT molecular complexity index is 304. The monoisotopic (exact) mass is 264 g/mol. The van der Waals surface area contributed by atoms with Gasteiger partial charge >= 0.3 is 0 Å². The standard InChI is InChI=1S/C15H26N2.C2H6/c1-13(2)12-17(4)10-9-14-5-7-15(8-6-14)11-16-3;1-2/h5-8,13,16H,9-12H2,1-4H3;1-2H3. The Kier molecular flexibility index (Phi) is 10.5. The van der Waals surface area contributed by atoms with Gasteiger partial charge in [0.05, 0.1) is 0 Å². The van der Waals surface area contributed by atoms with Crippen LogP contribution in [0.3, 0.4) is 0 Å². The summed E-state index contributed by atoms with van der Waals surface area (Å²) >= 11 is 0. The topological polar surface area (TPSA) is 15.3 Å². The van der Waals surface area contributed by atoms with Crippen molar-refractivity contribution in [2.45, 2.75) is 40.7 Å². The van der Waals surface area contributed by atoms with Crippen LogP contribution in [0.4, 0.5) is 0 Å². The molecule has 110 valence electrons. The van der Waals surface area contributed by atoms with E-state index in [9.17, 15) is 0 Å². The van der Waals surface area contributed by atoms with Crippen LogP contribution in [0.25, 0.3) is 0 Å². The lowest BCUT2D eigenvalue weighted by atomic mass is 10.1. The van der Waals surface area contributed by atoms with Crippen molar-refractivity contribution in [3.05, 3.63) is 35.4 Å². The fraction of sp³-hybridized carbons (Fsp3) is 0.647. The van der Waals surface area contributed by atoms with Gasteiger partial charge in [-0.3, -0.25) is 0 Å². The van der Waals surface area contributed by atoms with Gasteiger partial charge in [0.15, 0.2) is 0 Å². The van der Waals surface area contributed by atoms with Gasteiger partial charge in [-0.05, 0) is 37.6 Å². The molecule has 0 amide bonds. The van der Waals surface area contributed by atoms with Crippen LogP contribution in [0.2, 0.25) is 0 Å². The van der Waals surface area contributed by atoms with Crippen molar-refractivity contribution >= 4 is 0 Å². The molecule has 1 aromatic rings. The van der Waals surface area contributed by atoms with Crippen LogP contribution in [-0.4, -0.2) is 32.1 Å². The first kappa shape index (κ1) is 18.1. The highest BCUT2D eigenvalue weighted by molar-refractivity contribution is 5.22. The highest BCUT2D eigenvalue weighted by Crippen LogP contribution is 2.06. The zero-order chi connectivity index (χ0) is 14.7. The van der Waals surface area contributed by atoms with E-state index in [-0.39, 0.29) is 0 Å². The Morgan fingerprint density at radius 1 is 1.05 bits per heavy atom. The normalized spacial score (nSPS) is 10.5. The second-order valence-electron chi connectivity index (χ2n) is 5.25. The molecule has 0 bridgehead atoms. The summed E-state index contributed by atoms with van der Waals surface area (Å²) in [6.45, 7) is 11.8. The first-order chi connectivity index (χ1) is 9.11. The fourth-order valence-corrected chi connectivity index (χ4v) is 2.06. The maximum absolute atomic E-state index is 3.17. The molecule has 0 saturated carbocycles. The summed E-state index contributed by atoms with van der Waals surface area (Å²) in [4.78, 5) is 2.41. The van der Waals surface area contributed by atoms with E-state index < -0.39 is 0 Å². The largest absolute Gasteiger partial charge is 0.316 e. The first-order valence-corrected chi connectivity index (χ1v) is 7.52. The molecule has 2 nitrogen and oxygen atoms in total. The summed E-state index contributed by atoms with van der Waals surface area (Å²) in [6.07, 6.45) is 1.14. The Morgan fingerprint density at radius 2 is 1.58 bits per heavy atom. The van der Waals surface area contributed by atoms with Crippen LogP contribution < -0.4 is 5.32 Å². The lowest BCUT2D eigenvalue weighted by Crippen LogP contribution is -2.25. The maximum atomic E-state index is 3.17. The van der Waals surface area contributed by atoms with E-state index in [1.165, 1.54) is 17.7 Å². The molecule has 0 heterocycles. The van der Waals surface area contributed by atoms with Crippen LogP contribution in [0, 0.1) is 5.92 Å². The Morgan fingerprint density at radius 3 is 2.05 bits per heavy atom. The molecule has 0 aromatic heterocycles. The van der Waals surface area contributed by atoms with Gasteiger partial charge in [0.1, 0.15) is 0 Å². The zero-order valence-electron chi connectivity index (χ0n) is 13.7. The van der Waals surface area contributed by atoms with Crippen molar-refractivity contribution in [3.63, 3.8) is 0 Å². The molecular weight excluding hydrogens is 232 g/mol. The molecule has 0 atom stereocenters. The molecule has 0 fully saturated rings. The van der Waals surface area contributed by atoms with Crippen LogP contribution in [0.1, 0.15) is 38.8 Å². The Balaban J connectivity index is 0.00000154.